The van der Waals surface area contributed by atoms with E-state index in [1.165, 1.54) is 96.8 Å². The summed E-state index contributed by atoms with van der Waals surface area (Å²) in [7, 11) is 17.6. The van der Waals surface area contributed by atoms with Gasteiger partial charge in [0.15, 0.2) is 0 Å². The molecule has 4 aromatic rings. The normalized spacial score (nSPS) is 14.4. The molecule has 2 aliphatic carbocycles. The molecule has 6 rings (SSSR count). The summed E-state index contributed by atoms with van der Waals surface area (Å²) in [6.07, 6.45) is 6.88. The monoisotopic (exact) mass is 843 g/mol. The quantitative estimate of drug-likeness (QED) is 0.127. The van der Waals surface area contributed by atoms with E-state index in [2.05, 4.69) is 100 Å². The molecule has 40 heavy (non-hydrogen) atoms. The van der Waals surface area contributed by atoms with Gasteiger partial charge in [-0.3, -0.25) is 0 Å². The summed E-state index contributed by atoms with van der Waals surface area (Å²) < 4.78 is 5.53. The van der Waals surface area contributed by atoms with Crippen LogP contribution < -0.4 is 6.64 Å². The van der Waals surface area contributed by atoms with Crippen LogP contribution in [0, 0.1) is 13.8 Å². The van der Waals surface area contributed by atoms with E-state index in [1.807, 2.05) is 0 Å². The Bertz CT molecular complexity index is 1490. The second-order valence-electron chi connectivity index (χ2n) is 12.3. The molecule has 0 unspecified atom stereocenters. The Morgan fingerprint density at radius 3 is 1.45 bits per heavy atom. The van der Waals surface area contributed by atoms with Crippen LogP contribution >= 0.6 is 17.2 Å². The summed E-state index contributed by atoms with van der Waals surface area (Å²) in [6, 6.07) is 27.3. The first-order valence-corrected chi connectivity index (χ1v) is 48.0. The van der Waals surface area contributed by atoms with Crippen LogP contribution in [0.15, 0.2) is 72.8 Å². The third-order valence-electron chi connectivity index (χ3n) is 9.84. The van der Waals surface area contributed by atoms with Crippen LogP contribution in [-0.2, 0) is 24.8 Å². The molecule has 0 aliphatic heterocycles. The number of fused-ring (bicyclic) bond motifs is 6. The fraction of sp³-hybridized carbons (Fsp3) is 0.333. The molecule has 4 heteroatoms. The zero-order valence-electron chi connectivity index (χ0n) is 24.4. The number of hydrogen-bond acceptors (Lipinski definition) is 0. The molecule has 2 aliphatic rings. The van der Waals surface area contributed by atoms with Crippen molar-refractivity contribution in [2.24, 2.45) is 0 Å². The summed E-state index contributed by atoms with van der Waals surface area (Å²) in [6.45, 7) is 9.30. The van der Waals surface area contributed by atoms with E-state index in [1.54, 1.807) is 0 Å². The van der Waals surface area contributed by atoms with Gasteiger partial charge in [0.2, 0.25) is 0 Å². The van der Waals surface area contributed by atoms with Crippen LogP contribution in [0.25, 0.3) is 22.3 Å². The van der Waals surface area contributed by atoms with Crippen molar-refractivity contribution in [2.75, 3.05) is 0 Å². The molecule has 207 valence electrons. The first kappa shape index (κ1) is 29.2. The summed E-state index contributed by atoms with van der Waals surface area (Å²) in [4.78, 5) is 0. The first-order valence-electron chi connectivity index (χ1n) is 15.3. The standard InChI is InChI=1S/2C14H11.2C4H9.2ClH.Hf.Sn.H/c2*1-10-6-7-14-12(8-10)9-11-4-2-3-5-13(11)14;2*1-3-4-2;;;;;/h2*2-7H,9H2,1H3;2*1,3-4H2,2H3;2*1H;;;/q;;;;;;+2;;/p-2. The molecule has 0 fully saturated rings. The second kappa shape index (κ2) is 11.3. The molecule has 0 heterocycles. The second-order valence-corrected chi connectivity index (χ2v) is 109. The van der Waals surface area contributed by atoms with Gasteiger partial charge in [-0.1, -0.05) is 0 Å². The van der Waals surface area contributed by atoms with Crippen molar-refractivity contribution in [1.82, 2.24) is 0 Å². The van der Waals surface area contributed by atoms with Gasteiger partial charge >= 0.3 is 255 Å². The van der Waals surface area contributed by atoms with E-state index < -0.39 is 27.3 Å². The molecule has 0 aromatic heterocycles. The van der Waals surface area contributed by atoms with Crippen molar-refractivity contribution in [1.29, 1.82) is 0 Å². The van der Waals surface area contributed by atoms with Crippen LogP contribution in [0.4, 0.5) is 0 Å². The van der Waals surface area contributed by atoms with Crippen molar-refractivity contribution in [2.45, 2.75) is 75.1 Å². The van der Waals surface area contributed by atoms with Crippen molar-refractivity contribution in [3.8, 4) is 22.3 Å². The van der Waals surface area contributed by atoms with Crippen molar-refractivity contribution in [3.05, 3.63) is 106 Å². The van der Waals surface area contributed by atoms with Gasteiger partial charge in [-0.25, -0.2) is 0 Å². The zero-order valence-corrected chi connectivity index (χ0v) is 32.8. The predicted octanol–water partition coefficient (Wildman–Crippen LogP) is 9.72. The Labute approximate surface area is 252 Å². The van der Waals surface area contributed by atoms with Gasteiger partial charge in [-0.2, -0.15) is 0 Å². The number of unbranched alkanes of at least 4 members (excludes halogenated alkanes) is 2. The van der Waals surface area contributed by atoms with Gasteiger partial charge in [0, 0.05) is 0 Å². The molecule has 0 saturated heterocycles. The van der Waals surface area contributed by atoms with Gasteiger partial charge in [0.25, 0.3) is 0 Å². The topological polar surface area (TPSA) is 0 Å². The van der Waals surface area contributed by atoms with Crippen LogP contribution in [0.5, 0.6) is 0 Å². The van der Waals surface area contributed by atoms with Crippen LogP contribution in [0.3, 0.4) is 0 Å². The number of rotatable bonds is 9. The Kier molecular flexibility index (Phi) is 8.27. The molecule has 0 nitrogen and oxygen atoms in total. The van der Waals surface area contributed by atoms with Gasteiger partial charge in [0.05, 0.1) is 0 Å². The molecular weight excluding hydrogens is 801 g/mol. The Morgan fingerprint density at radius 1 is 0.600 bits per heavy atom. The average molecular weight is 842 g/mol. The molecule has 0 bridgehead atoms. The van der Waals surface area contributed by atoms with Crippen LogP contribution in [0.2, 0.25) is 8.87 Å². The number of benzene rings is 4. The molecule has 0 atom stereocenters. The summed E-state index contributed by atoms with van der Waals surface area (Å²) in [5.74, 6) is 0. The molecule has 0 saturated carbocycles. The fourth-order valence-corrected chi connectivity index (χ4v) is 137. The molecule has 4 aromatic carbocycles. The van der Waals surface area contributed by atoms with Gasteiger partial charge in [-0.05, 0) is 0 Å². The fourth-order valence-electron chi connectivity index (χ4n) is 8.02. The minimum atomic E-state index is -5.03. The Hall–Kier alpha value is -0.871. The van der Waals surface area contributed by atoms with Gasteiger partial charge in [0.1, 0.15) is 0 Å². The molecule has 0 N–H and O–H groups in total. The minimum absolute atomic E-state index is 0.961. The first-order chi connectivity index (χ1) is 19.3. The third kappa shape index (κ3) is 4.56. The SMILES string of the molecule is CCC[CH2][SnH]([CH2]CCC)[Hf]([Cl])([Cl])([c]1c(C)ccc2c1Cc1ccccc1-2)[c]1c(C)ccc2c1Cc1ccccc1-2. The van der Waals surface area contributed by atoms with Gasteiger partial charge < -0.3 is 0 Å². The summed E-state index contributed by atoms with van der Waals surface area (Å²) >= 11 is -7.66. The van der Waals surface area contributed by atoms with Crippen molar-refractivity contribution in [3.63, 3.8) is 0 Å². The Morgan fingerprint density at radius 2 is 1.02 bits per heavy atom. The van der Waals surface area contributed by atoms with Crippen LogP contribution in [-0.4, -0.2) is 15.3 Å². The van der Waals surface area contributed by atoms with Crippen molar-refractivity contribution < 1.29 is 12.0 Å². The summed E-state index contributed by atoms with van der Waals surface area (Å²) in [5.41, 5.74) is 14.0. The third-order valence-corrected chi connectivity index (χ3v) is 134. The van der Waals surface area contributed by atoms with Crippen molar-refractivity contribution >= 4 is 39.1 Å². The number of hydrogen-bond donors (Lipinski definition) is 0. The maximum absolute atomic E-state index is 8.82. The zero-order chi connectivity index (χ0) is 28.1. The average Bonchev–Trinajstić information content (AvgIpc) is 3.50. The van der Waals surface area contributed by atoms with E-state index in [4.69, 9.17) is 17.2 Å². The van der Waals surface area contributed by atoms with Gasteiger partial charge in [-0.15, -0.1) is 0 Å². The summed E-state index contributed by atoms with van der Waals surface area (Å²) in [5, 5.41) is 0. The Balaban J connectivity index is 1.70. The predicted molar refractivity (Wildman–Crippen MR) is 176 cm³/mol. The molecular formula is C36H41Cl2HfSn. The molecule has 0 radical (unpaired) electrons. The molecule has 0 amide bonds. The maximum atomic E-state index is 8.82. The van der Waals surface area contributed by atoms with E-state index in [9.17, 15) is 0 Å². The number of halogens is 2. The van der Waals surface area contributed by atoms with Crippen LogP contribution in [0.1, 0.15) is 72.9 Å². The van der Waals surface area contributed by atoms with E-state index in [0.29, 0.717) is 0 Å². The molecule has 0 spiro atoms. The van der Waals surface area contributed by atoms with E-state index in [0.717, 1.165) is 12.8 Å². The van der Waals surface area contributed by atoms with E-state index in [-0.39, 0.29) is 0 Å². The number of aryl methyl sites for hydroxylation is 2. The van der Waals surface area contributed by atoms with E-state index >= 15 is 0 Å².